The van der Waals surface area contributed by atoms with E-state index in [1.54, 1.807) is 6.07 Å². The minimum absolute atomic E-state index is 0.0909. The number of nitrogens with one attached hydrogen (secondary N) is 1. The molecule has 2 N–H and O–H groups in total. The van der Waals surface area contributed by atoms with Gasteiger partial charge in [0.05, 0.1) is 30.9 Å². The summed E-state index contributed by atoms with van der Waals surface area (Å²) < 4.78 is 5.41. The SMILES string of the molecule is Cc1cc(C)c2[nH]c(CN3CCCN([C@H]4COC[C@@H]4O)CC3)cc(=O)c2c1. The smallest absolute Gasteiger partial charge is 0.189 e. The number of hydrogen-bond acceptors (Lipinski definition) is 5. The number of H-pyrrole nitrogens is 1. The van der Waals surface area contributed by atoms with Gasteiger partial charge in [-0.3, -0.25) is 14.6 Å². The minimum Gasteiger partial charge on any atom is -0.389 e. The predicted molar refractivity (Wildman–Crippen MR) is 106 cm³/mol. The van der Waals surface area contributed by atoms with Crippen LogP contribution in [0.15, 0.2) is 23.0 Å². The molecule has 2 atom stereocenters. The average molecular weight is 371 g/mol. The maximum absolute atomic E-state index is 12.6. The summed E-state index contributed by atoms with van der Waals surface area (Å²) >= 11 is 0. The number of aryl methyl sites for hydroxylation is 2. The largest absolute Gasteiger partial charge is 0.389 e. The number of aliphatic hydroxyl groups is 1. The molecule has 1 aromatic heterocycles. The van der Waals surface area contributed by atoms with Gasteiger partial charge in [0.2, 0.25) is 0 Å². The number of rotatable bonds is 3. The summed E-state index contributed by atoms with van der Waals surface area (Å²) in [4.78, 5) is 20.8. The number of aromatic nitrogens is 1. The van der Waals surface area contributed by atoms with E-state index in [9.17, 15) is 9.90 Å². The van der Waals surface area contributed by atoms with Crippen molar-refractivity contribution >= 4 is 10.9 Å². The molecule has 2 fully saturated rings. The number of fused-ring (bicyclic) bond motifs is 1. The molecular formula is C21H29N3O3. The Kier molecular flexibility index (Phi) is 5.32. The van der Waals surface area contributed by atoms with Gasteiger partial charge in [-0.2, -0.15) is 0 Å². The van der Waals surface area contributed by atoms with E-state index in [1.807, 2.05) is 19.9 Å². The van der Waals surface area contributed by atoms with Gasteiger partial charge in [0, 0.05) is 36.8 Å². The van der Waals surface area contributed by atoms with Crippen LogP contribution in [0.5, 0.6) is 0 Å². The summed E-state index contributed by atoms with van der Waals surface area (Å²) in [6, 6.07) is 5.94. The van der Waals surface area contributed by atoms with E-state index in [1.165, 1.54) is 0 Å². The molecule has 0 radical (unpaired) electrons. The normalized spacial score (nSPS) is 25.1. The van der Waals surface area contributed by atoms with Crippen molar-refractivity contribution < 1.29 is 9.84 Å². The Morgan fingerprint density at radius 2 is 2.00 bits per heavy atom. The Bertz CT molecular complexity index is 879. The Morgan fingerprint density at radius 3 is 2.78 bits per heavy atom. The molecular weight excluding hydrogens is 342 g/mol. The number of nitrogens with zero attached hydrogens (tertiary/aromatic N) is 2. The summed E-state index contributed by atoms with van der Waals surface area (Å²) in [5.41, 5.74) is 4.24. The molecule has 4 rings (SSSR count). The molecule has 0 unspecified atom stereocenters. The van der Waals surface area contributed by atoms with Crippen molar-refractivity contribution in [1.29, 1.82) is 0 Å². The van der Waals surface area contributed by atoms with Crippen molar-refractivity contribution in [3.8, 4) is 0 Å². The van der Waals surface area contributed by atoms with Crippen LogP contribution in [0.25, 0.3) is 10.9 Å². The van der Waals surface area contributed by atoms with Gasteiger partial charge in [-0.25, -0.2) is 0 Å². The fraction of sp³-hybridized carbons (Fsp3) is 0.571. The van der Waals surface area contributed by atoms with Crippen molar-refractivity contribution in [2.75, 3.05) is 39.4 Å². The number of benzene rings is 1. The summed E-state index contributed by atoms with van der Waals surface area (Å²) in [5, 5.41) is 10.9. The third-order valence-corrected chi connectivity index (χ3v) is 5.84. The molecule has 2 aliphatic heterocycles. The zero-order valence-corrected chi connectivity index (χ0v) is 16.2. The van der Waals surface area contributed by atoms with Gasteiger partial charge in [0.25, 0.3) is 0 Å². The molecule has 2 saturated heterocycles. The van der Waals surface area contributed by atoms with Crippen molar-refractivity contribution in [2.45, 2.75) is 39.0 Å². The summed E-state index contributed by atoms with van der Waals surface area (Å²) in [6.45, 7) is 9.71. The van der Waals surface area contributed by atoms with Crippen LogP contribution in [0.4, 0.5) is 0 Å². The van der Waals surface area contributed by atoms with E-state index in [0.717, 1.165) is 66.9 Å². The lowest BCUT2D eigenvalue weighted by atomic mass is 10.1. The minimum atomic E-state index is -0.375. The fourth-order valence-corrected chi connectivity index (χ4v) is 4.45. The number of ether oxygens (including phenoxy) is 1. The average Bonchev–Trinajstić information content (AvgIpc) is 2.91. The Labute approximate surface area is 159 Å². The van der Waals surface area contributed by atoms with E-state index < -0.39 is 0 Å². The molecule has 0 spiro atoms. The summed E-state index contributed by atoms with van der Waals surface area (Å²) in [7, 11) is 0. The van der Waals surface area contributed by atoms with Crippen LogP contribution in [-0.2, 0) is 11.3 Å². The van der Waals surface area contributed by atoms with E-state index in [2.05, 4.69) is 20.9 Å². The Balaban J connectivity index is 1.48. The Hall–Kier alpha value is -1.73. The van der Waals surface area contributed by atoms with Crippen LogP contribution in [0.1, 0.15) is 23.2 Å². The number of aromatic amines is 1. The maximum Gasteiger partial charge on any atom is 0.189 e. The van der Waals surface area contributed by atoms with Crippen LogP contribution in [0.3, 0.4) is 0 Å². The quantitative estimate of drug-likeness (QED) is 0.854. The second-order valence-corrected chi connectivity index (χ2v) is 8.00. The molecule has 0 saturated carbocycles. The van der Waals surface area contributed by atoms with Crippen LogP contribution < -0.4 is 5.43 Å². The van der Waals surface area contributed by atoms with Crippen LogP contribution in [0.2, 0.25) is 0 Å². The molecule has 3 heterocycles. The lowest BCUT2D eigenvalue weighted by molar-refractivity contribution is 0.0837. The molecule has 2 aromatic rings. The van der Waals surface area contributed by atoms with Crippen molar-refractivity contribution in [3.05, 3.63) is 45.2 Å². The number of pyridine rings is 1. The highest BCUT2D eigenvalue weighted by atomic mass is 16.5. The molecule has 1 aromatic carbocycles. The standard InChI is InChI=1S/C21H29N3O3/c1-14-8-15(2)21-17(9-14)19(25)10-16(22-21)11-23-4-3-5-24(7-6-23)18-12-27-13-20(18)26/h8-10,18,20,26H,3-7,11-13H2,1-2H3,(H,22,25)/t18-,20-/m0/s1. The monoisotopic (exact) mass is 371 g/mol. The molecule has 2 aliphatic rings. The third kappa shape index (κ3) is 3.94. The second kappa shape index (κ2) is 7.72. The molecule has 6 heteroatoms. The first-order valence-corrected chi connectivity index (χ1v) is 9.86. The predicted octanol–water partition coefficient (Wildman–Crippen LogP) is 1.41. The highest BCUT2D eigenvalue weighted by Crippen LogP contribution is 2.19. The van der Waals surface area contributed by atoms with Gasteiger partial charge in [-0.05, 0) is 50.6 Å². The van der Waals surface area contributed by atoms with E-state index in [-0.39, 0.29) is 17.6 Å². The molecule has 6 nitrogen and oxygen atoms in total. The van der Waals surface area contributed by atoms with Gasteiger partial charge in [-0.15, -0.1) is 0 Å². The van der Waals surface area contributed by atoms with Gasteiger partial charge < -0.3 is 14.8 Å². The molecule has 27 heavy (non-hydrogen) atoms. The Morgan fingerprint density at radius 1 is 1.15 bits per heavy atom. The lowest BCUT2D eigenvalue weighted by Crippen LogP contribution is -2.44. The number of aliphatic hydroxyl groups excluding tert-OH is 1. The first-order valence-electron chi connectivity index (χ1n) is 9.86. The number of hydrogen-bond donors (Lipinski definition) is 2. The lowest BCUT2D eigenvalue weighted by Gasteiger charge is -2.28. The topological polar surface area (TPSA) is 68.8 Å². The summed E-state index contributed by atoms with van der Waals surface area (Å²) in [6.07, 6.45) is 0.680. The molecule has 146 valence electrons. The molecule has 0 amide bonds. The van der Waals surface area contributed by atoms with Crippen molar-refractivity contribution in [2.24, 2.45) is 0 Å². The fourth-order valence-electron chi connectivity index (χ4n) is 4.45. The second-order valence-electron chi connectivity index (χ2n) is 8.00. The van der Waals surface area contributed by atoms with Crippen molar-refractivity contribution in [3.63, 3.8) is 0 Å². The highest BCUT2D eigenvalue weighted by molar-refractivity contribution is 5.82. The van der Waals surface area contributed by atoms with E-state index in [0.29, 0.717) is 13.2 Å². The first-order chi connectivity index (χ1) is 13.0. The van der Waals surface area contributed by atoms with Gasteiger partial charge >= 0.3 is 0 Å². The van der Waals surface area contributed by atoms with Crippen LogP contribution in [-0.4, -0.2) is 71.4 Å². The zero-order valence-electron chi connectivity index (χ0n) is 16.2. The maximum atomic E-state index is 12.6. The van der Waals surface area contributed by atoms with Crippen LogP contribution in [0, 0.1) is 13.8 Å². The molecule has 0 bridgehead atoms. The van der Waals surface area contributed by atoms with Crippen LogP contribution >= 0.6 is 0 Å². The first kappa shape index (κ1) is 18.6. The van der Waals surface area contributed by atoms with E-state index >= 15 is 0 Å². The summed E-state index contributed by atoms with van der Waals surface area (Å²) in [5.74, 6) is 0. The zero-order chi connectivity index (χ0) is 19.0. The molecule has 0 aliphatic carbocycles. The van der Waals surface area contributed by atoms with E-state index in [4.69, 9.17) is 4.74 Å². The van der Waals surface area contributed by atoms with Gasteiger partial charge in [0.15, 0.2) is 5.43 Å². The van der Waals surface area contributed by atoms with Gasteiger partial charge in [-0.1, -0.05) is 6.07 Å². The third-order valence-electron chi connectivity index (χ3n) is 5.84. The van der Waals surface area contributed by atoms with Gasteiger partial charge in [0.1, 0.15) is 0 Å². The van der Waals surface area contributed by atoms with Crippen molar-refractivity contribution in [1.82, 2.24) is 14.8 Å². The highest BCUT2D eigenvalue weighted by Gasteiger charge is 2.32.